The molecule has 0 bridgehead atoms. The van der Waals surface area contributed by atoms with Gasteiger partial charge in [0.25, 0.3) is 0 Å². The molecule has 2 rings (SSSR count). The van der Waals surface area contributed by atoms with Gasteiger partial charge < -0.3 is 16.4 Å². The number of aryl methyl sites for hydroxylation is 1. The molecule has 19 heavy (non-hydrogen) atoms. The van der Waals surface area contributed by atoms with Crippen LogP contribution in [-0.4, -0.2) is 23.6 Å². The van der Waals surface area contributed by atoms with Crippen LogP contribution in [0.1, 0.15) is 11.1 Å². The maximum Gasteiger partial charge on any atom is 0.223 e. The van der Waals surface area contributed by atoms with Gasteiger partial charge in [0.2, 0.25) is 5.95 Å². The number of hydrogen-bond donors (Lipinski definition) is 3. The van der Waals surface area contributed by atoms with Gasteiger partial charge in [0.1, 0.15) is 11.6 Å². The van der Waals surface area contributed by atoms with E-state index in [4.69, 9.17) is 5.73 Å². The number of nitrogens with zero attached hydrogens (tertiary/aromatic N) is 2. The Balaban J connectivity index is 1.96. The second-order valence-corrected chi connectivity index (χ2v) is 4.35. The number of benzene rings is 1. The number of hydrogen-bond acceptors (Lipinski definition) is 5. The summed E-state index contributed by atoms with van der Waals surface area (Å²) in [6.45, 7) is 2.93. The molecule has 0 radical (unpaired) electrons. The van der Waals surface area contributed by atoms with Gasteiger partial charge in [-0.25, -0.2) is 0 Å². The average Bonchev–Trinajstić information content (AvgIpc) is 2.40. The molecular weight excluding hydrogens is 238 g/mol. The highest BCUT2D eigenvalue weighted by molar-refractivity contribution is 5.50. The van der Waals surface area contributed by atoms with E-state index in [0.717, 1.165) is 18.8 Å². The Bertz CT molecular complexity index is 553. The second-order valence-electron chi connectivity index (χ2n) is 4.35. The minimum Gasteiger partial charge on any atom is -0.373 e. The lowest BCUT2D eigenvalue weighted by Gasteiger charge is -2.09. The third-order valence-electron chi connectivity index (χ3n) is 2.96. The fourth-order valence-corrected chi connectivity index (χ4v) is 1.90. The van der Waals surface area contributed by atoms with Crippen molar-refractivity contribution in [1.82, 2.24) is 9.97 Å². The lowest BCUT2D eigenvalue weighted by Crippen LogP contribution is -2.09. The molecule has 0 atom stereocenters. The van der Waals surface area contributed by atoms with Crippen molar-refractivity contribution >= 4 is 17.6 Å². The molecule has 2 aromatic rings. The second kappa shape index (κ2) is 6.04. The van der Waals surface area contributed by atoms with Gasteiger partial charge in [-0.2, -0.15) is 9.97 Å². The van der Waals surface area contributed by atoms with E-state index in [2.05, 4.69) is 51.8 Å². The summed E-state index contributed by atoms with van der Waals surface area (Å²) >= 11 is 0. The first-order valence-corrected chi connectivity index (χ1v) is 6.29. The first-order valence-electron chi connectivity index (χ1n) is 6.29. The van der Waals surface area contributed by atoms with E-state index in [-0.39, 0.29) is 5.95 Å². The van der Waals surface area contributed by atoms with Crippen molar-refractivity contribution in [3.8, 4) is 0 Å². The van der Waals surface area contributed by atoms with E-state index < -0.39 is 0 Å². The fraction of sp³-hybridized carbons (Fsp3) is 0.286. The molecule has 0 saturated carbocycles. The van der Waals surface area contributed by atoms with E-state index in [9.17, 15) is 0 Å². The summed E-state index contributed by atoms with van der Waals surface area (Å²) in [4.78, 5) is 8.20. The zero-order chi connectivity index (χ0) is 13.7. The van der Waals surface area contributed by atoms with Crippen LogP contribution < -0.4 is 16.4 Å². The van der Waals surface area contributed by atoms with Crippen molar-refractivity contribution < 1.29 is 0 Å². The number of anilines is 3. The van der Waals surface area contributed by atoms with E-state index >= 15 is 0 Å². The molecule has 0 amide bonds. The topological polar surface area (TPSA) is 75.9 Å². The van der Waals surface area contributed by atoms with Crippen molar-refractivity contribution in [2.45, 2.75) is 13.3 Å². The minimum atomic E-state index is 0.269. The Morgan fingerprint density at radius 2 is 1.89 bits per heavy atom. The van der Waals surface area contributed by atoms with Crippen LogP contribution in [0.2, 0.25) is 0 Å². The standard InChI is InChI=1S/C14H19N5/c1-10-5-3-4-6-11(10)7-8-17-13-9-12(16-2)18-14(15)19-13/h3-6,9H,7-8H2,1-2H3,(H4,15,16,17,18,19). The molecule has 5 nitrogen and oxygen atoms in total. The molecule has 4 N–H and O–H groups in total. The highest BCUT2D eigenvalue weighted by Crippen LogP contribution is 2.12. The lowest BCUT2D eigenvalue weighted by atomic mass is 10.1. The summed E-state index contributed by atoms with van der Waals surface area (Å²) in [6, 6.07) is 10.2. The molecule has 0 unspecified atom stereocenters. The normalized spacial score (nSPS) is 10.2. The summed E-state index contributed by atoms with van der Waals surface area (Å²) in [7, 11) is 1.80. The summed E-state index contributed by atoms with van der Waals surface area (Å²) in [5, 5.41) is 6.22. The first kappa shape index (κ1) is 13.1. The van der Waals surface area contributed by atoms with E-state index in [0.29, 0.717) is 5.82 Å². The number of nitrogens with two attached hydrogens (primary N) is 1. The molecule has 0 spiro atoms. The van der Waals surface area contributed by atoms with Gasteiger partial charge in [-0.05, 0) is 24.5 Å². The van der Waals surface area contributed by atoms with E-state index in [1.807, 2.05) is 6.07 Å². The predicted octanol–water partition coefficient (Wildman–Crippen LogP) is 2.06. The molecule has 1 heterocycles. The highest BCUT2D eigenvalue weighted by Gasteiger charge is 2.01. The molecule has 100 valence electrons. The van der Waals surface area contributed by atoms with Crippen LogP contribution in [0.15, 0.2) is 30.3 Å². The molecule has 0 aliphatic heterocycles. The molecule has 0 fully saturated rings. The van der Waals surface area contributed by atoms with Gasteiger partial charge in [0, 0.05) is 19.7 Å². The van der Waals surface area contributed by atoms with Crippen LogP contribution in [0.5, 0.6) is 0 Å². The number of nitrogen functional groups attached to an aromatic ring is 1. The molecule has 0 saturated heterocycles. The highest BCUT2D eigenvalue weighted by atomic mass is 15.1. The number of rotatable bonds is 5. The minimum absolute atomic E-state index is 0.269. The Hall–Kier alpha value is -2.30. The SMILES string of the molecule is CNc1cc(NCCc2ccccc2C)nc(N)n1. The van der Waals surface area contributed by atoms with Crippen LogP contribution in [-0.2, 0) is 6.42 Å². The van der Waals surface area contributed by atoms with Crippen LogP contribution in [0.3, 0.4) is 0 Å². The summed E-state index contributed by atoms with van der Waals surface area (Å²) in [5.41, 5.74) is 8.29. The van der Waals surface area contributed by atoms with Crippen molar-refractivity contribution in [3.05, 3.63) is 41.5 Å². The van der Waals surface area contributed by atoms with Crippen LogP contribution >= 0.6 is 0 Å². The first-order chi connectivity index (χ1) is 9.19. The monoisotopic (exact) mass is 257 g/mol. The van der Waals surface area contributed by atoms with Crippen molar-refractivity contribution in [2.75, 3.05) is 30.0 Å². The predicted molar refractivity (Wildman–Crippen MR) is 79.4 cm³/mol. The van der Waals surface area contributed by atoms with Crippen LogP contribution in [0, 0.1) is 6.92 Å². The average molecular weight is 257 g/mol. The molecule has 1 aromatic heterocycles. The summed E-state index contributed by atoms with van der Waals surface area (Å²) < 4.78 is 0. The Morgan fingerprint density at radius 3 is 2.63 bits per heavy atom. The number of nitrogens with one attached hydrogen (secondary N) is 2. The Morgan fingerprint density at radius 1 is 1.16 bits per heavy atom. The van der Waals surface area contributed by atoms with E-state index in [1.54, 1.807) is 7.05 Å². The maximum atomic E-state index is 5.64. The van der Waals surface area contributed by atoms with Gasteiger partial charge in [0.05, 0.1) is 0 Å². The van der Waals surface area contributed by atoms with E-state index in [1.165, 1.54) is 11.1 Å². The zero-order valence-corrected chi connectivity index (χ0v) is 11.3. The van der Waals surface area contributed by atoms with Crippen molar-refractivity contribution in [3.63, 3.8) is 0 Å². The maximum absolute atomic E-state index is 5.64. The van der Waals surface area contributed by atoms with Crippen molar-refractivity contribution in [2.24, 2.45) is 0 Å². The largest absolute Gasteiger partial charge is 0.373 e. The Labute approximate surface area is 113 Å². The smallest absolute Gasteiger partial charge is 0.223 e. The van der Waals surface area contributed by atoms with Gasteiger partial charge in [-0.15, -0.1) is 0 Å². The molecule has 5 heteroatoms. The van der Waals surface area contributed by atoms with Crippen LogP contribution in [0.25, 0.3) is 0 Å². The third-order valence-corrected chi connectivity index (χ3v) is 2.96. The van der Waals surface area contributed by atoms with Crippen molar-refractivity contribution in [1.29, 1.82) is 0 Å². The van der Waals surface area contributed by atoms with Gasteiger partial charge in [-0.3, -0.25) is 0 Å². The zero-order valence-electron chi connectivity index (χ0n) is 11.3. The molecule has 0 aliphatic rings. The summed E-state index contributed by atoms with van der Waals surface area (Å²) in [5.74, 6) is 1.72. The third kappa shape index (κ3) is 3.58. The molecule has 0 aliphatic carbocycles. The van der Waals surface area contributed by atoms with Gasteiger partial charge >= 0.3 is 0 Å². The Kier molecular flexibility index (Phi) is 4.18. The van der Waals surface area contributed by atoms with Crippen LogP contribution in [0.4, 0.5) is 17.6 Å². The fourth-order valence-electron chi connectivity index (χ4n) is 1.90. The number of aromatic nitrogens is 2. The molecular formula is C14H19N5. The quantitative estimate of drug-likeness (QED) is 0.764. The van der Waals surface area contributed by atoms with Gasteiger partial charge in [0.15, 0.2) is 0 Å². The summed E-state index contributed by atoms with van der Waals surface area (Å²) in [6.07, 6.45) is 0.950. The lowest BCUT2D eigenvalue weighted by molar-refractivity contribution is 0.990. The molecule has 1 aromatic carbocycles. The van der Waals surface area contributed by atoms with Gasteiger partial charge in [-0.1, -0.05) is 24.3 Å².